The number of fused-ring (bicyclic) bond motifs is 2. The van der Waals surface area contributed by atoms with Crippen molar-refractivity contribution in [1.29, 1.82) is 0 Å². The normalized spacial score (nSPS) is 14.1. The van der Waals surface area contributed by atoms with Crippen molar-refractivity contribution in [3.63, 3.8) is 0 Å². The molecule has 7 rings (SSSR count). The second kappa shape index (κ2) is 12.7. The van der Waals surface area contributed by atoms with Crippen molar-refractivity contribution in [3.8, 4) is 40.0 Å². The zero-order chi connectivity index (χ0) is 33.5. The maximum absolute atomic E-state index is 11.7. The number of benzene rings is 3. The van der Waals surface area contributed by atoms with Crippen molar-refractivity contribution in [2.24, 2.45) is 5.92 Å². The molecule has 48 heavy (non-hydrogen) atoms. The number of nitrogens with zero attached hydrogens (tertiary/aromatic N) is 5. The summed E-state index contributed by atoms with van der Waals surface area (Å²) in [4.78, 5) is 34.6. The number of hydrogen-bond acceptors (Lipinski definition) is 9. The van der Waals surface area contributed by atoms with Crippen molar-refractivity contribution in [1.82, 2.24) is 24.6 Å². The lowest BCUT2D eigenvalue weighted by Crippen LogP contribution is -2.35. The summed E-state index contributed by atoms with van der Waals surface area (Å²) in [5, 5.41) is 15.4. The molecule has 11 nitrogen and oxygen atoms in total. The Morgan fingerprint density at radius 1 is 1.04 bits per heavy atom. The number of oxazole rings is 1. The zero-order valence-corrected chi connectivity index (χ0v) is 27.3. The molecule has 0 radical (unpaired) electrons. The van der Waals surface area contributed by atoms with E-state index in [0.29, 0.717) is 59.3 Å². The fourth-order valence-corrected chi connectivity index (χ4v) is 6.79. The predicted octanol–water partition coefficient (Wildman–Crippen LogP) is 6.98. The van der Waals surface area contributed by atoms with Gasteiger partial charge in [-0.3, -0.25) is 14.5 Å². The van der Waals surface area contributed by atoms with Gasteiger partial charge >= 0.3 is 5.97 Å². The molecule has 0 saturated carbocycles. The van der Waals surface area contributed by atoms with E-state index in [4.69, 9.17) is 30.5 Å². The number of rotatable bonds is 9. The van der Waals surface area contributed by atoms with Crippen LogP contribution in [0.15, 0.2) is 65.2 Å². The number of pyridine rings is 1. The summed E-state index contributed by atoms with van der Waals surface area (Å²) < 4.78 is 18.8. The molecule has 12 heteroatoms. The number of methoxy groups -OCH3 is 2. The number of halogens is 1. The van der Waals surface area contributed by atoms with Crippen molar-refractivity contribution < 1.29 is 28.6 Å². The van der Waals surface area contributed by atoms with Crippen LogP contribution in [0.3, 0.4) is 0 Å². The molecular weight excluding hydrogens is 634 g/mol. The summed E-state index contributed by atoms with van der Waals surface area (Å²) in [6.07, 6.45) is 3.72. The Kier molecular flexibility index (Phi) is 8.32. The summed E-state index contributed by atoms with van der Waals surface area (Å²) in [6.45, 7) is 4.14. The van der Waals surface area contributed by atoms with E-state index in [0.717, 1.165) is 51.8 Å². The molecule has 244 valence electrons. The lowest BCUT2D eigenvalue weighted by Gasteiger charge is -2.30. The third-order valence-corrected chi connectivity index (χ3v) is 9.32. The first kappa shape index (κ1) is 31.3. The molecule has 0 aliphatic carbocycles. The molecule has 6 aromatic rings. The number of carboxylic acid groups (broad SMARTS) is 1. The number of hydrogen-bond donors (Lipinski definition) is 1. The Labute approximate surface area is 280 Å². The lowest BCUT2D eigenvalue weighted by molar-refractivity contribution is -0.143. The molecule has 3 aromatic heterocycles. The van der Waals surface area contributed by atoms with Crippen molar-refractivity contribution in [3.05, 3.63) is 82.5 Å². The van der Waals surface area contributed by atoms with Gasteiger partial charge in [-0.15, -0.1) is 0 Å². The molecule has 0 unspecified atom stereocenters. The quantitative estimate of drug-likeness (QED) is 0.161. The van der Waals surface area contributed by atoms with Gasteiger partial charge in [-0.2, -0.15) is 10.1 Å². The number of aliphatic carboxylic acids is 1. The van der Waals surface area contributed by atoms with Crippen LogP contribution < -0.4 is 9.47 Å². The monoisotopic (exact) mass is 665 g/mol. The third kappa shape index (κ3) is 5.54. The summed E-state index contributed by atoms with van der Waals surface area (Å²) in [6, 6.07) is 17.5. The molecular formula is C36H32ClN5O6. The number of carbonyl (C=O) groups excluding carboxylic acids is 1. The Bertz CT molecular complexity index is 2180. The van der Waals surface area contributed by atoms with E-state index in [-0.39, 0.29) is 17.4 Å². The van der Waals surface area contributed by atoms with Crippen LogP contribution in [0.2, 0.25) is 5.02 Å². The summed E-state index contributed by atoms with van der Waals surface area (Å²) in [5.41, 5.74) is 6.97. The molecule has 1 aliphatic rings. The number of aldehydes is 1. The molecule has 0 amide bonds. The van der Waals surface area contributed by atoms with Crippen LogP contribution in [0.4, 0.5) is 0 Å². The van der Waals surface area contributed by atoms with Crippen LogP contribution in [0.5, 0.6) is 11.6 Å². The highest BCUT2D eigenvalue weighted by atomic mass is 35.5. The highest BCUT2D eigenvalue weighted by Crippen LogP contribution is 2.38. The minimum Gasteiger partial charge on any atom is -0.496 e. The van der Waals surface area contributed by atoms with Gasteiger partial charge < -0.3 is 19.0 Å². The summed E-state index contributed by atoms with van der Waals surface area (Å²) >= 11 is 6.71. The molecule has 4 heterocycles. The van der Waals surface area contributed by atoms with Gasteiger partial charge in [-0.25, -0.2) is 9.67 Å². The minimum absolute atomic E-state index is 0.147. The number of carboxylic acids is 1. The van der Waals surface area contributed by atoms with Crippen LogP contribution in [0.1, 0.15) is 34.3 Å². The molecule has 1 N–H and O–H groups in total. The van der Waals surface area contributed by atoms with Crippen molar-refractivity contribution in [2.75, 3.05) is 27.3 Å². The first-order chi connectivity index (χ1) is 23.3. The Hall–Kier alpha value is -5.26. The van der Waals surface area contributed by atoms with Gasteiger partial charge in [0.1, 0.15) is 16.8 Å². The number of ether oxygens (including phenoxy) is 2. The lowest BCUT2D eigenvalue weighted by atomic mass is 9.94. The SMILES string of the molecule is COc1cc(-n2ncc3c(-c4cccc(-c5nc6cc(CN7CCC(C(=O)O)CC7)cc(Cl)c6o5)c4C)cccc32)nc(OC)c1C=O. The van der Waals surface area contributed by atoms with Crippen LogP contribution >= 0.6 is 11.6 Å². The van der Waals surface area contributed by atoms with Crippen LogP contribution in [-0.4, -0.2) is 69.3 Å². The Morgan fingerprint density at radius 3 is 2.52 bits per heavy atom. The smallest absolute Gasteiger partial charge is 0.306 e. The standard InChI is InChI=1S/C36H32ClN5O6/c1-20-23(25-8-5-9-30-26(25)17-38-42(30)32-16-31(46-2)27(19-43)34(40-32)47-3)6-4-7-24(20)35-39-29-15-21(14-28(37)33(29)48-35)18-41-12-10-22(11-13-41)36(44)45/h4-9,14-17,19,22H,10-13,18H2,1-3H3,(H,44,45). The maximum atomic E-state index is 11.7. The number of carbonyl (C=O) groups is 2. The van der Waals surface area contributed by atoms with E-state index in [1.807, 2.05) is 49.4 Å². The highest BCUT2D eigenvalue weighted by molar-refractivity contribution is 6.34. The van der Waals surface area contributed by atoms with Crippen LogP contribution in [-0.2, 0) is 11.3 Å². The number of aromatic nitrogens is 4. The van der Waals surface area contributed by atoms with E-state index in [1.54, 1.807) is 16.9 Å². The third-order valence-electron chi connectivity index (χ3n) is 9.04. The summed E-state index contributed by atoms with van der Waals surface area (Å²) in [5.74, 6) is 0.391. The van der Waals surface area contributed by atoms with Crippen molar-refractivity contribution in [2.45, 2.75) is 26.3 Å². The first-order valence-corrected chi connectivity index (χ1v) is 15.9. The molecule has 1 saturated heterocycles. The van der Waals surface area contributed by atoms with Crippen LogP contribution in [0.25, 0.3) is 50.4 Å². The predicted molar refractivity (Wildman–Crippen MR) is 181 cm³/mol. The average molecular weight is 666 g/mol. The van der Waals surface area contributed by atoms with E-state index in [9.17, 15) is 14.7 Å². The second-order valence-electron chi connectivity index (χ2n) is 11.8. The Morgan fingerprint density at radius 2 is 1.79 bits per heavy atom. The van der Waals surface area contributed by atoms with Gasteiger partial charge in [0, 0.05) is 23.6 Å². The van der Waals surface area contributed by atoms with E-state index in [1.165, 1.54) is 14.2 Å². The van der Waals surface area contributed by atoms with Gasteiger partial charge in [-0.05, 0) is 79.4 Å². The van der Waals surface area contributed by atoms with E-state index in [2.05, 4.69) is 21.0 Å². The molecule has 1 aliphatic heterocycles. The van der Waals surface area contributed by atoms with Gasteiger partial charge in [0.2, 0.25) is 11.8 Å². The fourth-order valence-electron chi connectivity index (χ4n) is 6.52. The largest absolute Gasteiger partial charge is 0.496 e. The van der Waals surface area contributed by atoms with Gasteiger partial charge in [0.05, 0.1) is 36.9 Å². The van der Waals surface area contributed by atoms with Gasteiger partial charge in [0.15, 0.2) is 17.7 Å². The van der Waals surface area contributed by atoms with Gasteiger partial charge in [0.25, 0.3) is 0 Å². The van der Waals surface area contributed by atoms with E-state index >= 15 is 0 Å². The number of likely N-dealkylation sites (tertiary alicyclic amines) is 1. The summed E-state index contributed by atoms with van der Waals surface area (Å²) in [7, 11) is 2.94. The molecule has 1 fully saturated rings. The first-order valence-electron chi connectivity index (χ1n) is 15.5. The minimum atomic E-state index is -0.720. The molecule has 3 aromatic carbocycles. The zero-order valence-electron chi connectivity index (χ0n) is 26.6. The Balaban J connectivity index is 1.22. The maximum Gasteiger partial charge on any atom is 0.306 e. The van der Waals surface area contributed by atoms with Crippen molar-refractivity contribution >= 4 is 45.9 Å². The topological polar surface area (TPSA) is 133 Å². The molecule has 0 atom stereocenters. The highest BCUT2D eigenvalue weighted by Gasteiger charge is 2.25. The number of piperidine rings is 1. The van der Waals surface area contributed by atoms with Gasteiger partial charge in [-0.1, -0.05) is 35.9 Å². The average Bonchev–Trinajstić information content (AvgIpc) is 3.73. The van der Waals surface area contributed by atoms with Crippen LogP contribution in [0, 0.1) is 12.8 Å². The fraction of sp³-hybridized carbons (Fsp3) is 0.250. The molecule has 0 bridgehead atoms. The molecule has 0 spiro atoms. The second-order valence-corrected chi connectivity index (χ2v) is 12.2. The van der Waals surface area contributed by atoms with E-state index < -0.39 is 5.97 Å².